The predicted molar refractivity (Wildman–Crippen MR) is 164 cm³/mol. The lowest BCUT2D eigenvalue weighted by Crippen LogP contribution is -2.50. The Labute approximate surface area is 270 Å². The van der Waals surface area contributed by atoms with Crippen molar-refractivity contribution in [3.8, 4) is 11.4 Å². The van der Waals surface area contributed by atoms with Crippen LogP contribution in [0.1, 0.15) is 44.3 Å². The third-order valence-corrected chi connectivity index (χ3v) is 9.03. The number of rotatable bonds is 5. The Balaban J connectivity index is 1.34. The number of anilines is 1. The van der Waals surface area contributed by atoms with E-state index in [0.717, 1.165) is 9.91 Å². The molecule has 2 aromatic heterocycles. The summed E-state index contributed by atoms with van der Waals surface area (Å²) in [7, 11) is 0. The summed E-state index contributed by atoms with van der Waals surface area (Å²) >= 11 is 12.6. The zero-order valence-electron chi connectivity index (χ0n) is 23.5. The van der Waals surface area contributed by atoms with Crippen molar-refractivity contribution in [3.63, 3.8) is 0 Å². The molecule has 3 aliphatic heterocycles. The van der Waals surface area contributed by atoms with Gasteiger partial charge in [-0.15, -0.1) is 0 Å². The number of benzene rings is 3. The Morgan fingerprint density at radius 2 is 1.41 bits per heavy atom. The number of halogens is 2. The van der Waals surface area contributed by atoms with Crippen LogP contribution in [0.4, 0.5) is 5.69 Å². The first-order valence-corrected chi connectivity index (χ1v) is 15.0. The van der Waals surface area contributed by atoms with Gasteiger partial charge in [0.15, 0.2) is 0 Å². The molecule has 13 heteroatoms. The summed E-state index contributed by atoms with van der Waals surface area (Å²) in [5.41, 5.74) is 1.76. The van der Waals surface area contributed by atoms with Gasteiger partial charge in [-0.1, -0.05) is 52.6 Å². The summed E-state index contributed by atoms with van der Waals surface area (Å²) in [4.78, 5) is 66.8. The molecule has 0 saturated carbocycles. The van der Waals surface area contributed by atoms with Gasteiger partial charge in [0.1, 0.15) is 6.04 Å². The Kier molecular flexibility index (Phi) is 6.57. The number of amides is 4. The molecule has 3 aromatic carbocycles. The fourth-order valence-corrected chi connectivity index (χ4v) is 6.97. The second kappa shape index (κ2) is 10.7. The fraction of sp³-hybridized carbons (Fsp3) is 0.121. The quantitative estimate of drug-likeness (QED) is 0.225. The summed E-state index contributed by atoms with van der Waals surface area (Å²) in [5, 5.41) is 7.37. The van der Waals surface area contributed by atoms with E-state index in [0.29, 0.717) is 26.9 Å². The predicted octanol–water partition coefficient (Wildman–Crippen LogP) is 5.55. The fourth-order valence-electron chi connectivity index (χ4n) is 6.64. The molecule has 226 valence electrons. The van der Waals surface area contributed by atoms with Crippen LogP contribution in [0.15, 0.2) is 102 Å². The van der Waals surface area contributed by atoms with Crippen molar-refractivity contribution in [1.29, 1.82) is 0 Å². The summed E-state index contributed by atoms with van der Waals surface area (Å²) < 4.78 is 5.79. The third kappa shape index (κ3) is 4.20. The van der Waals surface area contributed by atoms with Crippen molar-refractivity contribution >= 4 is 52.5 Å². The van der Waals surface area contributed by atoms with Crippen molar-refractivity contribution in [1.82, 2.24) is 25.1 Å². The van der Waals surface area contributed by atoms with Gasteiger partial charge in [0, 0.05) is 28.0 Å². The van der Waals surface area contributed by atoms with Gasteiger partial charge in [-0.3, -0.25) is 24.2 Å². The molecule has 5 heterocycles. The number of nitrogens with zero attached hydrogens (tertiary/aromatic N) is 6. The molecule has 8 rings (SSSR count). The maximum atomic E-state index is 14.5. The average molecular weight is 651 g/mol. The van der Waals surface area contributed by atoms with E-state index in [1.54, 1.807) is 97.3 Å². The summed E-state index contributed by atoms with van der Waals surface area (Å²) in [6.07, 6.45) is 3.15. The average Bonchev–Trinajstić information content (AvgIpc) is 3.80. The molecule has 0 spiro atoms. The highest BCUT2D eigenvalue weighted by Crippen LogP contribution is 2.57. The Hall–Kier alpha value is -5.23. The van der Waals surface area contributed by atoms with Crippen molar-refractivity contribution < 1.29 is 23.7 Å². The van der Waals surface area contributed by atoms with Gasteiger partial charge >= 0.3 is 0 Å². The lowest BCUT2D eigenvalue weighted by molar-refractivity contribution is -0.126. The van der Waals surface area contributed by atoms with Crippen molar-refractivity contribution in [2.45, 2.75) is 12.1 Å². The minimum absolute atomic E-state index is 0.0611. The number of hydrazine groups is 1. The highest BCUT2D eigenvalue weighted by molar-refractivity contribution is 6.31. The number of hydrogen-bond donors (Lipinski definition) is 0. The van der Waals surface area contributed by atoms with Crippen LogP contribution in [0.5, 0.6) is 0 Å². The molecule has 46 heavy (non-hydrogen) atoms. The van der Waals surface area contributed by atoms with Crippen LogP contribution in [0.2, 0.25) is 10.0 Å². The molecule has 4 unspecified atom stereocenters. The third-order valence-electron chi connectivity index (χ3n) is 8.54. The highest BCUT2D eigenvalue weighted by Gasteiger charge is 2.67. The van der Waals surface area contributed by atoms with Gasteiger partial charge in [-0.05, 0) is 66.2 Å². The molecule has 0 aliphatic carbocycles. The zero-order chi connectivity index (χ0) is 31.7. The number of aromatic nitrogens is 3. The van der Waals surface area contributed by atoms with Crippen molar-refractivity contribution in [2.75, 3.05) is 4.90 Å². The number of carbonyl (C=O) groups is 4. The lowest BCUT2D eigenvalue weighted by atomic mass is 9.86. The second-order valence-electron chi connectivity index (χ2n) is 11.0. The first-order chi connectivity index (χ1) is 22.3. The van der Waals surface area contributed by atoms with E-state index in [-0.39, 0.29) is 22.8 Å². The molecule has 11 nitrogen and oxygen atoms in total. The summed E-state index contributed by atoms with van der Waals surface area (Å²) in [5.74, 6) is -4.41. The maximum absolute atomic E-state index is 14.5. The molecule has 0 bridgehead atoms. The summed E-state index contributed by atoms with van der Waals surface area (Å²) in [6, 6.07) is 20.7. The van der Waals surface area contributed by atoms with Crippen LogP contribution >= 0.6 is 23.2 Å². The second-order valence-corrected chi connectivity index (χ2v) is 11.9. The molecule has 2 saturated heterocycles. The molecule has 5 aromatic rings. The molecule has 0 radical (unpaired) electrons. The van der Waals surface area contributed by atoms with Crippen LogP contribution in [0, 0.1) is 11.8 Å². The minimum atomic E-state index is -1.21. The lowest BCUT2D eigenvalue weighted by Gasteiger charge is -2.37. The maximum Gasteiger partial charge on any atom is 0.276 e. The van der Waals surface area contributed by atoms with E-state index in [1.807, 2.05) is 0 Å². The van der Waals surface area contributed by atoms with E-state index < -0.39 is 47.5 Å². The minimum Gasteiger partial charge on any atom is -0.337 e. The van der Waals surface area contributed by atoms with Crippen LogP contribution in [-0.2, 0) is 9.59 Å². The van der Waals surface area contributed by atoms with Crippen molar-refractivity contribution in [2.24, 2.45) is 11.8 Å². The Morgan fingerprint density at radius 1 is 0.717 bits per heavy atom. The molecule has 4 amide bonds. The topological polar surface area (TPSA) is 130 Å². The zero-order valence-corrected chi connectivity index (χ0v) is 25.0. The molecular weight excluding hydrogens is 631 g/mol. The van der Waals surface area contributed by atoms with Gasteiger partial charge in [-0.25, -0.2) is 9.91 Å². The van der Waals surface area contributed by atoms with Crippen LogP contribution in [-0.4, -0.2) is 48.8 Å². The molecule has 2 fully saturated rings. The SMILES string of the molecule is O=C1C2C(C(=O)N1c1ccc(Cl)cc1)C(c1nc(-c3cccnc3)no1)N(N1C(=O)c3ccccc3C1=O)C2c1cccc(Cl)c1. The highest BCUT2D eigenvalue weighted by atomic mass is 35.5. The molecule has 3 aliphatic rings. The number of pyridine rings is 1. The Morgan fingerprint density at radius 3 is 2.07 bits per heavy atom. The van der Waals surface area contributed by atoms with Gasteiger partial charge in [0.2, 0.25) is 23.5 Å². The monoisotopic (exact) mass is 650 g/mol. The van der Waals surface area contributed by atoms with E-state index in [4.69, 9.17) is 27.7 Å². The van der Waals surface area contributed by atoms with Gasteiger partial charge < -0.3 is 4.52 Å². The van der Waals surface area contributed by atoms with Gasteiger partial charge in [0.25, 0.3) is 11.8 Å². The molecule has 0 N–H and O–H groups in total. The summed E-state index contributed by atoms with van der Waals surface area (Å²) in [6.45, 7) is 0. The van der Waals surface area contributed by atoms with Crippen molar-refractivity contribution in [3.05, 3.63) is 130 Å². The first kappa shape index (κ1) is 28.3. The van der Waals surface area contributed by atoms with Gasteiger partial charge in [0.05, 0.1) is 34.7 Å². The van der Waals surface area contributed by atoms with Crippen LogP contribution in [0.3, 0.4) is 0 Å². The Bertz CT molecular complexity index is 2040. The van der Waals surface area contributed by atoms with Crippen LogP contribution < -0.4 is 4.90 Å². The van der Waals surface area contributed by atoms with Gasteiger partial charge in [-0.2, -0.15) is 9.99 Å². The van der Waals surface area contributed by atoms with E-state index >= 15 is 0 Å². The number of hydrogen-bond acceptors (Lipinski definition) is 9. The molecular formula is C33H20Cl2N6O5. The smallest absolute Gasteiger partial charge is 0.276 e. The van der Waals surface area contributed by atoms with E-state index in [1.165, 1.54) is 5.01 Å². The largest absolute Gasteiger partial charge is 0.337 e. The number of carbonyl (C=O) groups excluding carboxylic acids is 4. The van der Waals surface area contributed by atoms with Crippen LogP contribution in [0.25, 0.3) is 11.4 Å². The van der Waals surface area contributed by atoms with E-state index in [9.17, 15) is 19.2 Å². The number of imide groups is 2. The molecule has 4 atom stereocenters. The normalized spacial score (nSPS) is 22.6. The first-order valence-electron chi connectivity index (χ1n) is 14.2. The number of fused-ring (bicyclic) bond motifs is 2. The van der Waals surface area contributed by atoms with E-state index in [2.05, 4.69) is 15.1 Å². The standard InChI is InChI=1S/C33H20Cl2N6O5/c34-19-10-12-21(13-11-19)39-32(44)24-25(33(39)45)27(29-37-28(38-46-29)18-6-4-14-36-16-18)40(26(24)17-5-3-7-20(35)15-17)41-30(42)22-8-1-2-9-23(22)31(41)43/h1-16,24-27H.